The van der Waals surface area contributed by atoms with Gasteiger partial charge in [0.05, 0.1) is 0 Å². The highest BCUT2D eigenvalue weighted by Gasteiger charge is 2.28. The Kier molecular flexibility index (Phi) is 5.05. The number of aliphatic carboxylic acids is 1. The van der Waals surface area contributed by atoms with E-state index in [-0.39, 0.29) is 18.4 Å². The minimum atomic E-state index is -0.755. The van der Waals surface area contributed by atoms with E-state index in [1.165, 1.54) is 12.8 Å². The summed E-state index contributed by atoms with van der Waals surface area (Å²) >= 11 is 0. The predicted octanol–water partition coefficient (Wildman–Crippen LogP) is 2.17. The maximum Gasteiger partial charge on any atom is 0.320 e. The fourth-order valence-corrected chi connectivity index (χ4v) is 3.11. The standard InChI is InChI=1S/C14H24N2O3/c17-13(18)10-12-6-5-9-16(11-12)14(19)15-7-3-1-2-4-8-15/h12H,1-11H2,(H,17,18). The van der Waals surface area contributed by atoms with Crippen molar-refractivity contribution in [1.29, 1.82) is 0 Å². The van der Waals surface area contributed by atoms with Crippen molar-refractivity contribution in [3.05, 3.63) is 0 Å². The molecule has 19 heavy (non-hydrogen) atoms. The summed E-state index contributed by atoms with van der Waals surface area (Å²) < 4.78 is 0. The monoisotopic (exact) mass is 268 g/mol. The number of piperidine rings is 1. The van der Waals surface area contributed by atoms with Crippen molar-refractivity contribution in [2.45, 2.75) is 44.9 Å². The molecule has 1 N–H and O–H groups in total. The lowest BCUT2D eigenvalue weighted by molar-refractivity contribution is -0.138. The number of carboxylic acid groups (broad SMARTS) is 1. The Morgan fingerprint density at radius 2 is 1.58 bits per heavy atom. The number of carboxylic acids is 1. The smallest absolute Gasteiger partial charge is 0.320 e. The van der Waals surface area contributed by atoms with Crippen LogP contribution in [0.5, 0.6) is 0 Å². The molecule has 1 unspecified atom stereocenters. The molecule has 1 atom stereocenters. The van der Waals surface area contributed by atoms with Crippen LogP contribution in [0.3, 0.4) is 0 Å². The number of carbonyl (C=O) groups is 2. The average molecular weight is 268 g/mol. The van der Waals surface area contributed by atoms with Crippen LogP contribution >= 0.6 is 0 Å². The summed E-state index contributed by atoms with van der Waals surface area (Å²) in [5.41, 5.74) is 0. The van der Waals surface area contributed by atoms with Gasteiger partial charge in [-0.1, -0.05) is 12.8 Å². The lowest BCUT2D eigenvalue weighted by atomic mass is 9.95. The number of hydrogen-bond acceptors (Lipinski definition) is 2. The molecule has 2 fully saturated rings. The molecule has 2 rings (SSSR count). The molecule has 2 amide bonds. The topological polar surface area (TPSA) is 60.9 Å². The maximum absolute atomic E-state index is 12.4. The Balaban J connectivity index is 1.88. The van der Waals surface area contributed by atoms with Crippen molar-refractivity contribution in [2.24, 2.45) is 5.92 Å². The van der Waals surface area contributed by atoms with E-state index in [0.29, 0.717) is 6.54 Å². The fraction of sp³-hybridized carbons (Fsp3) is 0.857. The summed E-state index contributed by atoms with van der Waals surface area (Å²) in [4.78, 5) is 27.0. The van der Waals surface area contributed by atoms with E-state index < -0.39 is 5.97 Å². The fourth-order valence-electron chi connectivity index (χ4n) is 3.11. The molecule has 0 bridgehead atoms. The third kappa shape index (κ3) is 4.11. The van der Waals surface area contributed by atoms with Gasteiger partial charge in [-0.2, -0.15) is 0 Å². The van der Waals surface area contributed by atoms with E-state index in [1.54, 1.807) is 0 Å². The molecule has 5 nitrogen and oxygen atoms in total. The van der Waals surface area contributed by atoms with Crippen LogP contribution < -0.4 is 0 Å². The summed E-state index contributed by atoms with van der Waals surface area (Å²) in [6.45, 7) is 3.12. The number of nitrogens with zero attached hydrogens (tertiary/aromatic N) is 2. The molecule has 2 saturated heterocycles. The molecule has 0 spiro atoms. The predicted molar refractivity (Wildman–Crippen MR) is 72.0 cm³/mol. The van der Waals surface area contributed by atoms with E-state index in [2.05, 4.69) is 0 Å². The van der Waals surface area contributed by atoms with Gasteiger partial charge in [-0.05, 0) is 31.6 Å². The van der Waals surface area contributed by atoms with Crippen LogP contribution in [-0.4, -0.2) is 53.1 Å². The summed E-state index contributed by atoms with van der Waals surface area (Å²) in [6, 6.07) is 0.122. The van der Waals surface area contributed by atoms with Crippen molar-refractivity contribution in [3.63, 3.8) is 0 Å². The first-order valence-electron chi connectivity index (χ1n) is 7.42. The highest BCUT2D eigenvalue weighted by Crippen LogP contribution is 2.21. The highest BCUT2D eigenvalue weighted by molar-refractivity contribution is 5.74. The zero-order valence-electron chi connectivity index (χ0n) is 11.5. The molecule has 0 aromatic carbocycles. The van der Waals surface area contributed by atoms with Gasteiger partial charge in [0.15, 0.2) is 0 Å². The molecule has 0 aromatic heterocycles. The Morgan fingerprint density at radius 1 is 0.947 bits per heavy atom. The minimum Gasteiger partial charge on any atom is -0.481 e. The summed E-state index contributed by atoms with van der Waals surface area (Å²) in [5.74, 6) is -0.628. The largest absolute Gasteiger partial charge is 0.481 e. The van der Waals surface area contributed by atoms with Gasteiger partial charge in [-0.15, -0.1) is 0 Å². The van der Waals surface area contributed by atoms with E-state index in [9.17, 15) is 9.59 Å². The first-order chi connectivity index (χ1) is 9.16. The molecule has 5 heteroatoms. The van der Waals surface area contributed by atoms with Gasteiger partial charge in [-0.3, -0.25) is 4.79 Å². The minimum absolute atomic E-state index is 0.122. The summed E-state index contributed by atoms with van der Waals surface area (Å²) in [6.07, 6.45) is 6.66. The second-order valence-corrected chi connectivity index (χ2v) is 5.74. The van der Waals surface area contributed by atoms with Crippen LogP contribution in [0, 0.1) is 5.92 Å². The van der Waals surface area contributed by atoms with Crippen LogP contribution in [0.25, 0.3) is 0 Å². The summed E-state index contributed by atoms with van der Waals surface area (Å²) in [5, 5.41) is 8.86. The Hall–Kier alpha value is -1.26. The second-order valence-electron chi connectivity index (χ2n) is 5.74. The highest BCUT2D eigenvalue weighted by atomic mass is 16.4. The maximum atomic E-state index is 12.4. The van der Waals surface area contributed by atoms with Crippen LogP contribution in [0.1, 0.15) is 44.9 Å². The van der Waals surface area contributed by atoms with Crippen LogP contribution in [0.2, 0.25) is 0 Å². The first kappa shape index (κ1) is 14.2. The SMILES string of the molecule is O=C(O)CC1CCCN(C(=O)N2CCCCCC2)C1. The Labute approximate surface area is 114 Å². The number of carbonyl (C=O) groups excluding carboxylic acids is 1. The van der Waals surface area contributed by atoms with Gasteiger partial charge in [0.1, 0.15) is 0 Å². The number of hydrogen-bond donors (Lipinski definition) is 1. The van der Waals surface area contributed by atoms with Crippen LogP contribution in [0.15, 0.2) is 0 Å². The third-order valence-electron chi connectivity index (χ3n) is 4.13. The molecule has 2 aliphatic rings. The first-order valence-corrected chi connectivity index (χ1v) is 7.42. The number of urea groups is 1. The van der Waals surface area contributed by atoms with Gasteiger partial charge in [-0.25, -0.2) is 4.79 Å². The quantitative estimate of drug-likeness (QED) is 0.835. The van der Waals surface area contributed by atoms with Crippen molar-refractivity contribution >= 4 is 12.0 Å². The van der Waals surface area contributed by atoms with Gasteiger partial charge in [0.25, 0.3) is 0 Å². The molecule has 0 aromatic rings. The van der Waals surface area contributed by atoms with Crippen LogP contribution in [0.4, 0.5) is 4.79 Å². The normalized spacial score (nSPS) is 24.9. The van der Waals surface area contributed by atoms with Gasteiger partial charge in [0, 0.05) is 32.6 Å². The van der Waals surface area contributed by atoms with E-state index in [0.717, 1.165) is 45.3 Å². The Morgan fingerprint density at radius 3 is 2.21 bits per heavy atom. The lowest BCUT2D eigenvalue weighted by Gasteiger charge is -2.35. The molecule has 2 aliphatic heterocycles. The lowest BCUT2D eigenvalue weighted by Crippen LogP contribution is -2.48. The zero-order chi connectivity index (χ0) is 13.7. The van der Waals surface area contributed by atoms with Crippen molar-refractivity contribution < 1.29 is 14.7 Å². The summed E-state index contributed by atoms with van der Waals surface area (Å²) in [7, 11) is 0. The molecule has 0 saturated carbocycles. The van der Waals surface area contributed by atoms with Crippen molar-refractivity contribution in [1.82, 2.24) is 9.80 Å². The van der Waals surface area contributed by atoms with Gasteiger partial charge in [0.2, 0.25) is 0 Å². The number of likely N-dealkylation sites (tertiary alicyclic amines) is 2. The van der Waals surface area contributed by atoms with Crippen molar-refractivity contribution in [2.75, 3.05) is 26.2 Å². The van der Waals surface area contributed by atoms with Crippen molar-refractivity contribution in [3.8, 4) is 0 Å². The molecular weight excluding hydrogens is 244 g/mol. The average Bonchev–Trinajstić information content (AvgIpc) is 2.66. The number of amides is 2. The van der Waals surface area contributed by atoms with E-state index in [4.69, 9.17) is 5.11 Å². The van der Waals surface area contributed by atoms with Crippen LogP contribution in [-0.2, 0) is 4.79 Å². The molecule has 0 aliphatic carbocycles. The number of rotatable bonds is 2. The van der Waals surface area contributed by atoms with E-state index in [1.807, 2.05) is 9.80 Å². The molecule has 2 heterocycles. The molecule has 0 radical (unpaired) electrons. The van der Waals surface area contributed by atoms with Gasteiger partial charge < -0.3 is 14.9 Å². The van der Waals surface area contributed by atoms with E-state index >= 15 is 0 Å². The second kappa shape index (κ2) is 6.78. The zero-order valence-corrected chi connectivity index (χ0v) is 11.5. The molecule has 108 valence electrons. The molecular formula is C14H24N2O3. The third-order valence-corrected chi connectivity index (χ3v) is 4.13. The van der Waals surface area contributed by atoms with Gasteiger partial charge >= 0.3 is 12.0 Å². The Bertz CT molecular complexity index is 325.